The number of esters is 1. The van der Waals surface area contributed by atoms with Crippen LogP contribution < -0.4 is 4.74 Å². The van der Waals surface area contributed by atoms with E-state index in [9.17, 15) is 4.79 Å². The van der Waals surface area contributed by atoms with Gasteiger partial charge < -0.3 is 9.47 Å². The molecular formula is C11H10BrNO3. The number of rotatable bonds is 3. The first-order valence-corrected chi connectivity index (χ1v) is 5.55. The molecule has 0 N–H and O–H groups in total. The summed E-state index contributed by atoms with van der Waals surface area (Å²) in [7, 11) is 2.79. The molecule has 1 rings (SSSR count). The van der Waals surface area contributed by atoms with Crippen molar-refractivity contribution in [3.63, 3.8) is 0 Å². The van der Waals surface area contributed by atoms with E-state index in [-0.39, 0.29) is 11.1 Å². The Hall–Kier alpha value is -1.54. The third-order valence-corrected chi connectivity index (χ3v) is 2.69. The first kappa shape index (κ1) is 12.5. The topological polar surface area (TPSA) is 59.3 Å². The van der Waals surface area contributed by atoms with E-state index in [1.165, 1.54) is 20.3 Å². The molecule has 1 aromatic carbocycles. The van der Waals surface area contributed by atoms with Crippen molar-refractivity contribution in [2.45, 2.75) is 5.33 Å². The van der Waals surface area contributed by atoms with Crippen molar-refractivity contribution in [1.29, 1.82) is 5.26 Å². The van der Waals surface area contributed by atoms with Gasteiger partial charge >= 0.3 is 5.97 Å². The number of alkyl halides is 1. The van der Waals surface area contributed by atoms with E-state index in [0.29, 0.717) is 16.6 Å². The van der Waals surface area contributed by atoms with E-state index in [2.05, 4.69) is 20.7 Å². The molecule has 4 nitrogen and oxygen atoms in total. The third-order valence-electron chi connectivity index (χ3n) is 2.08. The minimum absolute atomic E-state index is 0.251. The van der Waals surface area contributed by atoms with Crippen molar-refractivity contribution in [1.82, 2.24) is 0 Å². The van der Waals surface area contributed by atoms with E-state index >= 15 is 0 Å². The number of benzene rings is 1. The van der Waals surface area contributed by atoms with Gasteiger partial charge in [0.2, 0.25) is 0 Å². The molecule has 5 heteroatoms. The normalized spacial score (nSPS) is 9.38. The monoisotopic (exact) mass is 283 g/mol. The summed E-state index contributed by atoms with van der Waals surface area (Å²) in [6.07, 6.45) is 0. The summed E-state index contributed by atoms with van der Waals surface area (Å²) in [5, 5.41) is 9.42. The smallest absolute Gasteiger partial charge is 0.339 e. The van der Waals surface area contributed by atoms with Crippen LogP contribution in [-0.4, -0.2) is 20.2 Å². The lowest BCUT2D eigenvalue weighted by molar-refractivity contribution is 0.0599. The van der Waals surface area contributed by atoms with Gasteiger partial charge in [-0.15, -0.1) is 0 Å². The highest BCUT2D eigenvalue weighted by Crippen LogP contribution is 2.24. The second-order valence-electron chi connectivity index (χ2n) is 2.95. The Balaban J connectivity index is 3.45. The molecule has 0 radical (unpaired) electrons. The summed E-state index contributed by atoms with van der Waals surface area (Å²) in [6, 6.07) is 5.17. The highest BCUT2D eigenvalue weighted by atomic mass is 79.9. The molecule has 0 aromatic heterocycles. The first-order chi connectivity index (χ1) is 7.67. The van der Waals surface area contributed by atoms with Crippen molar-refractivity contribution < 1.29 is 14.3 Å². The molecule has 0 saturated heterocycles. The molecular weight excluding hydrogens is 274 g/mol. The van der Waals surface area contributed by atoms with Gasteiger partial charge in [0.25, 0.3) is 0 Å². The van der Waals surface area contributed by atoms with Gasteiger partial charge in [-0.05, 0) is 17.7 Å². The molecule has 16 heavy (non-hydrogen) atoms. The number of methoxy groups -OCH3 is 2. The Morgan fingerprint density at radius 2 is 2.19 bits per heavy atom. The fraction of sp³-hybridized carbons (Fsp3) is 0.273. The maximum absolute atomic E-state index is 11.5. The standard InChI is InChI=1S/C11H10BrNO3/c1-15-9-3-7(5-12)10(11(14)16-2)8(4-9)6-13/h3-4H,5H2,1-2H3. The summed E-state index contributed by atoms with van der Waals surface area (Å²) < 4.78 is 9.69. The van der Waals surface area contributed by atoms with Gasteiger partial charge in [0.05, 0.1) is 25.3 Å². The van der Waals surface area contributed by atoms with Crippen LogP contribution in [0.2, 0.25) is 0 Å². The van der Waals surface area contributed by atoms with Gasteiger partial charge in [0, 0.05) is 5.33 Å². The van der Waals surface area contributed by atoms with Crippen molar-refractivity contribution in [2.24, 2.45) is 0 Å². The van der Waals surface area contributed by atoms with Crippen molar-refractivity contribution in [3.05, 3.63) is 28.8 Å². The third kappa shape index (κ3) is 2.34. The number of carbonyl (C=O) groups is 1. The Morgan fingerprint density at radius 3 is 2.62 bits per heavy atom. The molecule has 0 unspecified atom stereocenters. The molecule has 0 aliphatic heterocycles. The maximum Gasteiger partial charge on any atom is 0.339 e. The zero-order chi connectivity index (χ0) is 12.1. The Bertz CT molecular complexity index is 451. The van der Waals surface area contributed by atoms with Crippen LogP contribution >= 0.6 is 15.9 Å². The average Bonchev–Trinajstić information content (AvgIpc) is 2.35. The van der Waals surface area contributed by atoms with Crippen LogP contribution in [0.5, 0.6) is 5.75 Å². The molecule has 0 spiro atoms. The molecule has 0 fully saturated rings. The second-order valence-corrected chi connectivity index (χ2v) is 3.51. The van der Waals surface area contributed by atoms with E-state index in [0.717, 1.165) is 0 Å². The zero-order valence-electron chi connectivity index (χ0n) is 8.91. The van der Waals surface area contributed by atoms with Crippen LogP contribution in [0.1, 0.15) is 21.5 Å². The van der Waals surface area contributed by atoms with Crippen molar-refractivity contribution in [2.75, 3.05) is 14.2 Å². The SMILES string of the molecule is COC(=O)c1c(C#N)cc(OC)cc1CBr. The average molecular weight is 284 g/mol. The number of halogens is 1. The Morgan fingerprint density at radius 1 is 1.50 bits per heavy atom. The fourth-order valence-corrected chi connectivity index (χ4v) is 1.77. The molecule has 0 aliphatic carbocycles. The van der Waals surface area contributed by atoms with Crippen LogP contribution in [0.15, 0.2) is 12.1 Å². The molecule has 0 atom stereocenters. The number of nitrogens with zero attached hydrogens (tertiary/aromatic N) is 1. The molecule has 0 aliphatic rings. The largest absolute Gasteiger partial charge is 0.497 e. The minimum atomic E-state index is -0.520. The lowest BCUT2D eigenvalue weighted by Crippen LogP contribution is -2.08. The minimum Gasteiger partial charge on any atom is -0.497 e. The van der Waals surface area contributed by atoms with E-state index in [1.54, 1.807) is 6.07 Å². The second kappa shape index (κ2) is 5.52. The highest BCUT2D eigenvalue weighted by molar-refractivity contribution is 9.08. The van der Waals surface area contributed by atoms with Crippen LogP contribution in [0.3, 0.4) is 0 Å². The molecule has 0 heterocycles. The van der Waals surface area contributed by atoms with E-state index in [4.69, 9.17) is 10.00 Å². The van der Waals surface area contributed by atoms with E-state index in [1.807, 2.05) is 6.07 Å². The van der Waals surface area contributed by atoms with Crippen LogP contribution in [0.25, 0.3) is 0 Å². The number of ether oxygens (including phenoxy) is 2. The molecule has 0 saturated carbocycles. The molecule has 84 valence electrons. The van der Waals surface area contributed by atoms with Crippen molar-refractivity contribution in [3.8, 4) is 11.8 Å². The van der Waals surface area contributed by atoms with Crippen molar-refractivity contribution >= 4 is 21.9 Å². The number of nitriles is 1. The van der Waals surface area contributed by atoms with E-state index < -0.39 is 5.97 Å². The zero-order valence-corrected chi connectivity index (χ0v) is 10.5. The predicted octanol–water partition coefficient (Wildman–Crippen LogP) is 2.25. The summed E-state index contributed by atoms with van der Waals surface area (Å²) in [6.45, 7) is 0. The summed E-state index contributed by atoms with van der Waals surface area (Å²) >= 11 is 3.26. The van der Waals surface area contributed by atoms with Gasteiger partial charge in [0.1, 0.15) is 11.8 Å². The highest BCUT2D eigenvalue weighted by Gasteiger charge is 2.18. The lowest BCUT2D eigenvalue weighted by Gasteiger charge is -2.09. The van der Waals surface area contributed by atoms with Crippen LogP contribution in [-0.2, 0) is 10.1 Å². The van der Waals surface area contributed by atoms with Crippen LogP contribution in [0.4, 0.5) is 0 Å². The Kier molecular flexibility index (Phi) is 4.32. The van der Waals surface area contributed by atoms with Gasteiger partial charge in [0.15, 0.2) is 0 Å². The van der Waals surface area contributed by atoms with Gasteiger partial charge in [-0.1, -0.05) is 15.9 Å². The summed E-state index contributed by atoms with van der Waals surface area (Å²) in [5.41, 5.74) is 1.20. The molecule has 0 bridgehead atoms. The maximum atomic E-state index is 11.5. The summed E-state index contributed by atoms with van der Waals surface area (Å²) in [5.74, 6) is 0.0207. The first-order valence-electron chi connectivity index (χ1n) is 4.43. The Labute approximate surface area is 102 Å². The number of hydrogen-bond acceptors (Lipinski definition) is 4. The number of carbonyl (C=O) groups excluding carboxylic acids is 1. The van der Waals surface area contributed by atoms with Gasteiger partial charge in [-0.3, -0.25) is 0 Å². The number of hydrogen-bond donors (Lipinski definition) is 0. The summed E-state index contributed by atoms with van der Waals surface area (Å²) in [4.78, 5) is 11.5. The lowest BCUT2D eigenvalue weighted by atomic mass is 10.0. The molecule has 1 aromatic rings. The van der Waals surface area contributed by atoms with Gasteiger partial charge in [-0.2, -0.15) is 5.26 Å². The predicted molar refractivity (Wildman–Crippen MR) is 61.7 cm³/mol. The van der Waals surface area contributed by atoms with Crippen LogP contribution in [0, 0.1) is 11.3 Å². The fourth-order valence-electron chi connectivity index (χ4n) is 1.33. The van der Waals surface area contributed by atoms with Gasteiger partial charge in [-0.25, -0.2) is 4.79 Å². The molecule has 0 amide bonds. The quantitative estimate of drug-likeness (QED) is 0.631.